The van der Waals surface area contributed by atoms with Crippen molar-refractivity contribution in [3.8, 4) is 0 Å². The summed E-state index contributed by atoms with van der Waals surface area (Å²) in [6, 6.07) is 10.8. The molecular weight excluding hydrogens is 325 g/mol. The lowest BCUT2D eigenvalue weighted by Crippen LogP contribution is -2.01. The van der Waals surface area contributed by atoms with Gasteiger partial charge in [-0.15, -0.1) is 0 Å². The van der Waals surface area contributed by atoms with Crippen LogP contribution in [0, 0.1) is 0 Å². The zero-order chi connectivity index (χ0) is 16.5. The highest BCUT2D eigenvalue weighted by Crippen LogP contribution is 2.21. The van der Waals surface area contributed by atoms with Gasteiger partial charge in [-0.2, -0.15) is 5.10 Å². The fourth-order valence-corrected chi connectivity index (χ4v) is 1.83. The summed E-state index contributed by atoms with van der Waals surface area (Å²) in [4.78, 5) is 13.1. The molecule has 0 atom stereocenters. The zero-order valence-electron chi connectivity index (χ0n) is 12.0. The van der Waals surface area contributed by atoms with Crippen LogP contribution in [0.2, 0.25) is 10.0 Å². The van der Waals surface area contributed by atoms with Crippen LogP contribution in [0.15, 0.2) is 47.7 Å². The Labute approximate surface area is 138 Å². The maximum Gasteiger partial charge on any atom is 0.300 e. The molecule has 0 spiro atoms. The number of rotatable bonds is 3. The number of halogens is 2. The van der Waals surface area contributed by atoms with E-state index in [9.17, 15) is 0 Å². The minimum absolute atomic E-state index is 0.614. The number of pyridine rings is 1. The van der Waals surface area contributed by atoms with Crippen LogP contribution in [0.3, 0.4) is 0 Å². The van der Waals surface area contributed by atoms with E-state index in [1.165, 1.54) is 0 Å². The van der Waals surface area contributed by atoms with Gasteiger partial charge in [0.2, 0.25) is 0 Å². The Hall–Kier alpha value is -2.11. The molecule has 0 radical (unpaired) electrons. The van der Waals surface area contributed by atoms with Crippen LogP contribution in [-0.2, 0) is 4.79 Å². The quantitative estimate of drug-likeness (QED) is 0.645. The smallest absolute Gasteiger partial charge is 0.300 e. The Morgan fingerprint density at radius 1 is 1.23 bits per heavy atom. The average molecular weight is 340 g/mol. The van der Waals surface area contributed by atoms with E-state index in [1.54, 1.807) is 24.4 Å². The number of hydrogen-bond acceptors (Lipinski definition) is 4. The van der Waals surface area contributed by atoms with Gasteiger partial charge in [0.1, 0.15) is 5.82 Å². The molecule has 0 fully saturated rings. The van der Waals surface area contributed by atoms with Crippen molar-refractivity contribution in [3.63, 3.8) is 0 Å². The Kier molecular flexibility index (Phi) is 7.36. The van der Waals surface area contributed by atoms with Crippen molar-refractivity contribution in [3.05, 3.63) is 58.2 Å². The fraction of sp³-hybridized carbons (Fsp3) is 0.133. The normalized spacial score (nSPS) is 10.5. The van der Waals surface area contributed by atoms with Crippen LogP contribution < -0.4 is 5.43 Å². The van der Waals surface area contributed by atoms with Gasteiger partial charge in [0.05, 0.1) is 5.71 Å². The van der Waals surface area contributed by atoms with Crippen molar-refractivity contribution in [2.45, 2.75) is 13.8 Å². The van der Waals surface area contributed by atoms with E-state index in [0.29, 0.717) is 15.9 Å². The SMILES string of the molecule is CC(=NNc1ccccn1)c1cc(Cl)ccc1Cl.CC(=O)O. The minimum atomic E-state index is -0.833. The van der Waals surface area contributed by atoms with Gasteiger partial charge in [-0.3, -0.25) is 10.2 Å². The van der Waals surface area contributed by atoms with E-state index in [1.807, 2.05) is 25.1 Å². The van der Waals surface area contributed by atoms with Crippen LogP contribution in [0.25, 0.3) is 0 Å². The van der Waals surface area contributed by atoms with Crippen molar-refractivity contribution in [1.82, 2.24) is 4.98 Å². The first-order chi connectivity index (χ1) is 10.4. The summed E-state index contributed by atoms with van der Waals surface area (Å²) >= 11 is 12.0. The van der Waals surface area contributed by atoms with Gasteiger partial charge >= 0.3 is 0 Å². The van der Waals surface area contributed by atoms with Crippen molar-refractivity contribution in [1.29, 1.82) is 0 Å². The summed E-state index contributed by atoms with van der Waals surface area (Å²) in [5.74, 6) is -0.157. The van der Waals surface area contributed by atoms with Crippen LogP contribution in [-0.4, -0.2) is 21.8 Å². The van der Waals surface area contributed by atoms with Crippen molar-refractivity contribution in [2.75, 3.05) is 5.43 Å². The van der Waals surface area contributed by atoms with Gasteiger partial charge < -0.3 is 5.11 Å². The van der Waals surface area contributed by atoms with Gasteiger partial charge in [0.15, 0.2) is 0 Å². The number of nitrogens with zero attached hydrogens (tertiary/aromatic N) is 2. The van der Waals surface area contributed by atoms with E-state index in [4.69, 9.17) is 33.1 Å². The van der Waals surface area contributed by atoms with Crippen molar-refractivity contribution in [2.24, 2.45) is 5.10 Å². The first-order valence-corrected chi connectivity index (χ1v) is 7.02. The molecule has 5 nitrogen and oxygen atoms in total. The number of carbonyl (C=O) groups is 1. The number of anilines is 1. The van der Waals surface area contributed by atoms with E-state index < -0.39 is 5.97 Å². The summed E-state index contributed by atoms with van der Waals surface area (Å²) in [6.45, 7) is 2.94. The number of hydrazone groups is 1. The Morgan fingerprint density at radius 2 is 1.91 bits per heavy atom. The molecule has 22 heavy (non-hydrogen) atoms. The van der Waals surface area contributed by atoms with Crippen molar-refractivity contribution < 1.29 is 9.90 Å². The second-order valence-corrected chi connectivity index (χ2v) is 5.01. The monoisotopic (exact) mass is 339 g/mol. The van der Waals surface area contributed by atoms with Crippen LogP contribution >= 0.6 is 23.2 Å². The molecule has 1 aromatic heterocycles. The number of carboxylic acid groups (broad SMARTS) is 1. The molecule has 1 heterocycles. The average Bonchev–Trinajstić information content (AvgIpc) is 2.48. The second kappa shape index (κ2) is 9.02. The Morgan fingerprint density at radius 3 is 2.50 bits per heavy atom. The van der Waals surface area contributed by atoms with Gasteiger partial charge in [0, 0.05) is 28.7 Å². The number of aromatic nitrogens is 1. The lowest BCUT2D eigenvalue weighted by Gasteiger charge is -2.05. The zero-order valence-corrected chi connectivity index (χ0v) is 13.6. The standard InChI is InChI=1S/C13H11Cl2N3.C2H4O2/c1-9(11-8-10(14)5-6-12(11)15)17-18-13-4-2-3-7-16-13;1-2(3)4/h2-8H,1H3,(H,16,18);1H3,(H,3,4). The van der Waals surface area contributed by atoms with E-state index in [2.05, 4.69) is 15.5 Å². The Balaban J connectivity index is 0.000000541. The third kappa shape index (κ3) is 6.56. The molecule has 2 N–H and O–H groups in total. The van der Waals surface area contributed by atoms with E-state index >= 15 is 0 Å². The predicted molar refractivity (Wildman–Crippen MR) is 89.8 cm³/mol. The highest BCUT2D eigenvalue weighted by molar-refractivity contribution is 6.36. The molecule has 0 bridgehead atoms. The van der Waals surface area contributed by atoms with Gasteiger partial charge in [0.25, 0.3) is 5.97 Å². The highest BCUT2D eigenvalue weighted by atomic mass is 35.5. The maximum atomic E-state index is 9.00. The lowest BCUT2D eigenvalue weighted by atomic mass is 10.1. The van der Waals surface area contributed by atoms with Crippen molar-refractivity contribution >= 4 is 40.7 Å². The van der Waals surface area contributed by atoms with Gasteiger partial charge in [-0.05, 0) is 37.3 Å². The topological polar surface area (TPSA) is 74.6 Å². The molecule has 0 aliphatic rings. The first-order valence-electron chi connectivity index (χ1n) is 6.26. The molecule has 2 rings (SSSR count). The molecule has 0 aliphatic carbocycles. The van der Waals surface area contributed by atoms with Crippen LogP contribution in [0.1, 0.15) is 19.4 Å². The third-order valence-corrected chi connectivity index (χ3v) is 2.89. The molecule has 116 valence electrons. The number of carboxylic acids is 1. The Bertz CT molecular complexity index is 657. The number of aliphatic carboxylic acids is 1. The van der Waals surface area contributed by atoms with Crippen LogP contribution in [0.4, 0.5) is 5.82 Å². The predicted octanol–water partition coefficient (Wildman–Crippen LogP) is 4.32. The molecular formula is C15H15Cl2N3O2. The summed E-state index contributed by atoms with van der Waals surface area (Å²) in [5, 5.41) is 12.9. The number of benzene rings is 1. The molecule has 2 aromatic rings. The summed E-state index contributed by atoms with van der Waals surface area (Å²) in [5.41, 5.74) is 4.41. The highest BCUT2D eigenvalue weighted by Gasteiger charge is 2.04. The summed E-state index contributed by atoms with van der Waals surface area (Å²) < 4.78 is 0. The second-order valence-electron chi connectivity index (χ2n) is 4.17. The summed E-state index contributed by atoms with van der Waals surface area (Å²) in [6.07, 6.45) is 1.69. The number of hydrogen-bond donors (Lipinski definition) is 2. The fourth-order valence-electron chi connectivity index (χ4n) is 1.41. The number of nitrogens with one attached hydrogen (secondary N) is 1. The van der Waals surface area contributed by atoms with E-state index in [0.717, 1.165) is 18.2 Å². The van der Waals surface area contributed by atoms with Crippen LogP contribution in [0.5, 0.6) is 0 Å². The largest absolute Gasteiger partial charge is 0.481 e. The first kappa shape index (κ1) is 17.9. The molecule has 0 unspecified atom stereocenters. The molecule has 0 saturated carbocycles. The molecule has 0 aliphatic heterocycles. The summed E-state index contributed by atoms with van der Waals surface area (Å²) in [7, 11) is 0. The molecule has 1 aromatic carbocycles. The lowest BCUT2D eigenvalue weighted by molar-refractivity contribution is -0.134. The molecule has 0 saturated heterocycles. The molecule has 0 amide bonds. The third-order valence-electron chi connectivity index (χ3n) is 2.32. The van der Waals surface area contributed by atoms with Gasteiger partial charge in [-0.1, -0.05) is 29.3 Å². The maximum absolute atomic E-state index is 9.00. The molecule has 7 heteroatoms. The minimum Gasteiger partial charge on any atom is -0.481 e. The van der Waals surface area contributed by atoms with E-state index in [-0.39, 0.29) is 0 Å². The van der Waals surface area contributed by atoms with Gasteiger partial charge in [-0.25, -0.2) is 4.98 Å².